The quantitative estimate of drug-likeness (QED) is 0.882. The van der Waals surface area contributed by atoms with E-state index in [1.54, 1.807) is 6.07 Å². The minimum absolute atomic E-state index is 0.209. The summed E-state index contributed by atoms with van der Waals surface area (Å²) in [5.41, 5.74) is 2.06. The van der Waals surface area contributed by atoms with Crippen molar-refractivity contribution in [3.8, 4) is 0 Å². The third kappa shape index (κ3) is 4.45. The number of hydrogen-bond donors (Lipinski definition) is 1. The fourth-order valence-electron chi connectivity index (χ4n) is 1.31. The molecule has 0 atom stereocenters. The third-order valence-corrected chi connectivity index (χ3v) is 2.87. The molecule has 0 amide bonds. The van der Waals surface area contributed by atoms with E-state index >= 15 is 0 Å². The maximum Gasteiger partial charge on any atom is 0.123 e. The molecule has 0 saturated carbocycles. The highest BCUT2D eigenvalue weighted by molar-refractivity contribution is 9.10. The number of rotatable bonds is 4. The molecule has 0 fully saturated rings. The molecule has 0 heterocycles. The van der Waals surface area contributed by atoms with Crippen LogP contribution in [0.3, 0.4) is 0 Å². The Morgan fingerprint density at radius 3 is 2.81 bits per heavy atom. The molecule has 1 nitrogen and oxygen atoms in total. The molecule has 0 spiro atoms. The standard InChI is InChI=1S/C13H17BrFN/c1-9(2)16-8-10(3)6-11-7-12(15)4-5-13(11)14/h4-7,9,16H,8H2,1-3H3/b10-6+. The van der Waals surface area contributed by atoms with E-state index in [2.05, 4.69) is 35.1 Å². The van der Waals surface area contributed by atoms with Crippen LogP contribution in [0.25, 0.3) is 6.08 Å². The van der Waals surface area contributed by atoms with E-state index in [0.717, 1.165) is 16.6 Å². The van der Waals surface area contributed by atoms with Crippen molar-refractivity contribution in [3.63, 3.8) is 0 Å². The van der Waals surface area contributed by atoms with Gasteiger partial charge < -0.3 is 5.32 Å². The molecule has 88 valence electrons. The Hall–Kier alpha value is -0.670. The largest absolute Gasteiger partial charge is 0.311 e. The molecule has 0 aliphatic heterocycles. The number of nitrogens with one attached hydrogen (secondary N) is 1. The van der Waals surface area contributed by atoms with Crippen LogP contribution < -0.4 is 5.32 Å². The van der Waals surface area contributed by atoms with Gasteiger partial charge in [-0.25, -0.2) is 4.39 Å². The molecule has 0 unspecified atom stereocenters. The molecule has 1 N–H and O–H groups in total. The van der Waals surface area contributed by atoms with E-state index in [4.69, 9.17) is 0 Å². The Balaban J connectivity index is 2.77. The van der Waals surface area contributed by atoms with E-state index in [0.29, 0.717) is 6.04 Å². The van der Waals surface area contributed by atoms with Gasteiger partial charge in [-0.1, -0.05) is 41.4 Å². The predicted molar refractivity (Wildman–Crippen MR) is 70.9 cm³/mol. The summed E-state index contributed by atoms with van der Waals surface area (Å²) in [7, 11) is 0. The molecule has 0 saturated heterocycles. The molecular weight excluding hydrogens is 269 g/mol. The van der Waals surface area contributed by atoms with Crippen molar-refractivity contribution in [2.75, 3.05) is 6.54 Å². The van der Waals surface area contributed by atoms with Crippen LogP contribution in [0, 0.1) is 5.82 Å². The molecule has 16 heavy (non-hydrogen) atoms. The molecule has 1 aromatic rings. The van der Waals surface area contributed by atoms with Crippen molar-refractivity contribution in [2.24, 2.45) is 0 Å². The highest BCUT2D eigenvalue weighted by atomic mass is 79.9. The van der Waals surface area contributed by atoms with Crippen molar-refractivity contribution in [1.29, 1.82) is 0 Å². The second-order valence-electron chi connectivity index (χ2n) is 4.19. The Bertz CT molecular complexity index is 386. The zero-order chi connectivity index (χ0) is 12.1. The Labute approximate surface area is 105 Å². The Morgan fingerprint density at radius 2 is 2.19 bits per heavy atom. The first-order valence-electron chi connectivity index (χ1n) is 5.34. The van der Waals surface area contributed by atoms with Crippen molar-refractivity contribution >= 4 is 22.0 Å². The molecule has 0 aliphatic carbocycles. The number of benzene rings is 1. The van der Waals surface area contributed by atoms with Gasteiger partial charge in [0.1, 0.15) is 5.82 Å². The van der Waals surface area contributed by atoms with Crippen LogP contribution in [-0.2, 0) is 0 Å². The van der Waals surface area contributed by atoms with Gasteiger partial charge in [0.15, 0.2) is 0 Å². The summed E-state index contributed by atoms with van der Waals surface area (Å²) in [6.07, 6.45) is 1.99. The van der Waals surface area contributed by atoms with Gasteiger partial charge in [0.2, 0.25) is 0 Å². The van der Waals surface area contributed by atoms with Crippen molar-refractivity contribution < 1.29 is 4.39 Å². The molecule has 0 aromatic heterocycles. The van der Waals surface area contributed by atoms with Crippen LogP contribution in [0.5, 0.6) is 0 Å². The fourth-order valence-corrected chi connectivity index (χ4v) is 1.67. The van der Waals surface area contributed by atoms with Gasteiger partial charge in [-0.05, 0) is 30.7 Å². The molecule has 1 rings (SSSR count). The highest BCUT2D eigenvalue weighted by Gasteiger charge is 2.00. The van der Waals surface area contributed by atoms with Crippen LogP contribution in [-0.4, -0.2) is 12.6 Å². The van der Waals surface area contributed by atoms with Gasteiger partial charge in [-0.2, -0.15) is 0 Å². The summed E-state index contributed by atoms with van der Waals surface area (Å²) in [6.45, 7) is 7.06. The molecule has 0 radical (unpaired) electrons. The summed E-state index contributed by atoms with van der Waals surface area (Å²) >= 11 is 3.41. The second kappa shape index (κ2) is 6.16. The zero-order valence-corrected chi connectivity index (χ0v) is 11.4. The summed E-state index contributed by atoms with van der Waals surface area (Å²) in [6, 6.07) is 5.16. The maximum absolute atomic E-state index is 13.0. The van der Waals surface area contributed by atoms with E-state index in [9.17, 15) is 4.39 Å². The summed E-state index contributed by atoms with van der Waals surface area (Å²) < 4.78 is 14.0. The monoisotopic (exact) mass is 285 g/mol. The minimum atomic E-state index is -0.209. The van der Waals surface area contributed by atoms with Gasteiger partial charge in [0, 0.05) is 17.1 Å². The summed E-state index contributed by atoms with van der Waals surface area (Å²) in [5.74, 6) is -0.209. The van der Waals surface area contributed by atoms with Crippen LogP contribution >= 0.6 is 15.9 Å². The van der Waals surface area contributed by atoms with E-state index in [-0.39, 0.29) is 5.82 Å². The maximum atomic E-state index is 13.0. The fraction of sp³-hybridized carbons (Fsp3) is 0.385. The zero-order valence-electron chi connectivity index (χ0n) is 9.85. The predicted octanol–water partition coefficient (Wildman–Crippen LogP) is 3.99. The first-order chi connectivity index (χ1) is 7.49. The molecule has 3 heteroatoms. The molecular formula is C13H17BrFN. The van der Waals surface area contributed by atoms with Crippen LogP contribution in [0.2, 0.25) is 0 Å². The summed E-state index contributed by atoms with van der Waals surface area (Å²) in [4.78, 5) is 0. The van der Waals surface area contributed by atoms with Crippen LogP contribution in [0.1, 0.15) is 26.3 Å². The average Bonchev–Trinajstić information content (AvgIpc) is 2.20. The van der Waals surface area contributed by atoms with E-state index in [1.165, 1.54) is 17.7 Å². The van der Waals surface area contributed by atoms with Crippen LogP contribution in [0.4, 0.5) is 4.39 Å². The average molecular weight is 286 g/mol. The SMILES string of the molecule is C/C(=C\c1cc(F)ccc1Br)CNC(C)C. The van der Waals surface area contributed by atoms with E-state index < -0.39 is 0 Å². The minimum Gasteiger partial charge on any atom is -0.311 e. The smallest absolute Gasteiger partial charge is 0.123 e. The van der Waals surface area contributed by atoms with Gasteiger partial charge in [0.25, 0.3) is 0 Å². The molecule has 0 aliphatic rings. The first kappa shape index (κ1) is 13.4. The third-order valence-electron chi connectivity index (χ3n) is 2.15. The van der Waals surface area contributed by atoms with Gasteiger partial charge >= 0.3 is 0 Å². The number of halogens is 2. The lowest BCUT2D eigenvalue weighted by Crippen LogP contribution is -2.24. The molecule has 1 aromatic carbocycles. The van der Waals surface area contributed by atoms with Crippen molar-refractivity contribution in [1.82, 2.24) is 5.32 Å². The van der Waals surface area contributed by atoms with Gasteiger partial charge in [0.05, 0.1) is 0 Å². The molecule has 0 bridgehead atoms. The summed E-state index contributed by atoms with van der Waals surface area (Å²) in [5, 5.41) is 3.32. The van der Waals surface area contributed by atoms with Crippen molar-refractivity contribution in [2.45, 2.75) is 26.8 Å². The lowest BCUT2D eigenvalue weighted by molar-refractivity contribution is 0.622. The lowest BCUT2D eigenvalue weighted by atomic mass is 10.1. The Kier molecular flexibility index (Phi) is 5.16. The normalized spacial score (nSPS) is 12.2. The Morgan fingerprint density at radius 1 is 1.50 bits per heavy atom. The number of hydrogen-bond acceptors (Lipinski definition) is 1. The second-order valence-corrected chi connectivity index (χ2v) is 5.05. The lowest BCUT2D eigenvalue weighted by Gasteiger charge is -2.08. The van der Waals surface area contributed by atoms with Gasteiger partial charge in [-0.15, -0.1) is 0 Å². The van der Waals surface area contributed by atoms with Gasteiger partial charge in [-0.3, -0.25) is 0 Å². The van der Waals surface area contributed by atoms with Crippen molar-refractivity contribution in [3.05, 3.63) is 39.6 Å². The topological polar surface area (TPSA) is 12.0 Å². The highest BCUT2D eigenvalue weighted by Crippen LogP contribution is 2.20. The van der Waals surface area contributed by atoms with E-state index in [1.807, 2.05) is 13.0 Å². The first-order valence-corrected chi connectivity index (χ1v) is 6.14. The van der Waals surface area contributed by atoms with Crippen LogP contribution in [0.15, 0.2) is 28.2 Å².